The quantitative estimate of drug-likeness (QED) is 0.663. The van der Waals surface area contributed by atoms with Gasteiger partial charge in [0.05, 0.1) is 6.04 Å². The van der Waals surface area contributed by atoms with Crippen LogP contribution in [0.25, 0.3) is 0 Å². The molecular formula is C23H31FN4O2S. The number of halogens is 1. The second-order valence-electron chi connectivity index (χ2n) is 9.73. The predicted molar refractivity (Wildman–Crippen MR) is 119 cm³/mol. The van der Waals surface area contributed by atoms with Crippen LogP contribution in [-0.2, 0) is 4.74 Å². The van der Waals surface area contributed by atoms with E-state index in [1.807, 2.05) is 44.7 Å². The summed E-state index contributed by atoms with van der Waals surface area (Å²) in [7, 11) is 0. The van der Waals surface area contributed by atoms with E-state index in [-0.39, 0.29) is 30.0 Å². The van der Waals surface area contributed by atoms with Crippen LogP contribution in [0.4, 0.5) is 9.18 Å². The van der Waals surface area contributed by atoms with Crippen LogP contribution in [0, 0.1) is 5.82 Å². The van der Waals surface area contributed by atoms with Gasteiger partial charge in [-0.2, -0.15) is 0 Å². The van der Waals surface area contributed by atoms with E-state index in [1.165, 1.54) is 25.0 Å². The summed E-state index contributed by atoms with van der Waals surface area (Å²) < 4.78 is 19.2. The molecule has 0 N–H and O–H groups in total. The lowest BCUT2D eigenvalue weighted by Gasteiger charge is -2.46. The molecule has 168 valence electrons. The van der Waals surface area contributed by atoms with Crippen molar-refractivity contribution in [3.63, 3.8) is 0 Å². The molecule has 0 bridgehead atoms. The zero-order chi connectivity index (χ0) is 22.3. The number of nitrogens with zero attached hydrogens (tertiary/aromatic N) is 4. The number of amides is 1. The number of carbonyl (C=O) groups excluding carboxylic acids is 1. The molecule has 1 saturated heterocycles. The summed E-state index contributed by atoms with van der Waals surface area (Å²) in [6, 6.07) is 6.58. The number of hydrogen-bond donors (Lipinski definition) is 0. The van der Waals surface area contributed by atoms with E-state index >= 15 is 0 Å². The molecule has 6 nitrogen and oxygen atoms in total. The van der Waals surface area contributed by atoms with Crippen LogP contribution in [0.15, 0.2) is 24.3 Å². The molecular weight excluding hydrogens is 415 g/mol. The molecule has 0 spiro atoms. The Bertz CT molecular complexity index is 922. The van der Waals surface area contributed by atoms with Crippen LogP contribution in [0.1, 0.15) is 75.0 Å². The largest absolute Gasteiger partial charge is 0.444 e. The Kier molecular flexibility index (Phi) is 6.05. The van der Waals surface area contributed by atoms with Gasteiger partial charge >= 0.3 is 6.09 Å². The van der Waals surface area contributed by atoms with E-state index in [9.17, 15) is 9.18 Å². The highest BCUT2D eigenvalue weighted by Crippen LogP contribution is 2.43. The number of carbonyl (C=O) groups is 1. The van der Waals surface area contributed by atoms with Crippen molar-refractivity contribution < 1.29 is 13.9 Å². The van der Waals surface area contributed by atoms with Crippen molar-refractivity contribution in [2.75, 3.05) is 13.1 Å². The van der Waals surface area contributed by atoms with Crippen LogP contribution < -0.4 is 0 Å². The summed E-state index contributed by atoms with van der Waals surface area (Å²) in [5, 5.41) is 11.0. The van der Waals surface area contributed by atoms with Gasteiger partial charge in [0.15, 0.2) is 0 Å². The molecule has 2 fully saturated rings. The fourth-order valence-corrected chi connectivity index (χ4v) is 5.22. The summed E-state index contributed by atoms with van der Waals surface area (Å²) in [5.74, 6) is 0.287. The third-order valence-electron chi connectivity index (χ3n) is 5.80. The molecule has 31 heavy (non-hydrogen) atoms. The Morgan fingerprint density at radius 2 is 1.81 bits per heavy atom. The van der Waals surface area contributed by atoms with Crippen molar-refractivity contribution in [2.45, 2.75) is 77.1 Å². The van der Waals surface area contributed by atoms with Gasteiger partial charge in [0.1, 0.15) is 21.4 Å². The maximum absolute atomic E-state index is 13.6. The van der Waals surface area contributed by atoms with Crippen molar-refractivity contribution in [3.8, 4) is 0 Å². The van der Waals surface area contributed by atoms with E-state index in [1.54, 1.807) is 11.3 Å². The lowest BCUT2D eigenvalue weighted by Crippen LogP contribution is -2.59. The van der Waals surface area contributed by atoms with Gasteiger partial charge in [-0.05, 0) is 65.2 Å². The average molecular weight is 447 g/mol. The zero-order valence-electron chi connectivity index (χ0n) is 18.8. The molecule has 1 aromatic carbocycles. The third kappa shape index (κ3) is 5.06. The molecule has 4 rings (SSSR count). The van der Waals surface area contributed by atoms with Crippen molar-refractivity contribution in [1.82, 2.24) is 20.0 Å². The number of hydrogen-bond acceptors (Lipinski definition) is 6. The number of benzene rings is 1. The first-order chi connectivity index (χ1) is 14.6. The second kappa shape index (κ2) is 8.47. The van der Waals surface area contributed by atoms with Crippen molar-refractivity contribution in [2.24, 2.45) is 0 Å². The minimum Gasteiger partial charge on any atom is -0.444 e. The summed E-state index contributed by atoms with van der Waals surface area (Å²) in [6.45, 7) is 11.0. The predicted octanol–water partition coefficient (Wildman–Crippen LogP) is 4.97. The van der Waals surface area contributed by atoms with E-state index in [0.29, 0.717) is 19.0 Å². The third-order valence-corrected chi connectivity index (χ3v) is 6.93. The highest BCUT2D eigenvalue weighted by Gasteiger charge is 2.40. The molecule has 1 aliphatic carbocycles. The minimum absolute atomic E-state index is 0.0233. The summed E-state index contributed by atoms with van der Waals surface area (Å²) >= 11 is 1.66. The van der Waals surface area contributed by atoms with E-state index in [0.717, 1.165) is 15.6 Å². The fourth-order valence-electron chi connectivity index (χ4n) is 4.06. The molecule has 1 aromatic heterocycles. The molecule has 8 heteroatoms. The normalized spacial score (nSPS) is 23.6. The van der Waals surface area contributed by atoms with Gasteiger partial charge in [0.25, 0.3) is 0 Å². The lowest BCUT2D eigenvalue weighted by molar-refractivity contribution is -0.0164. The van der Waals surface area contributed by atoms with E-state index in [4.69, 9.17) is 4.74 Å². The van der Waals surface area contributed by atoms with Crippen LogP contribution in [0.2, 0.25) is 0 Å². The van der Waals surface area contributed by atoms with Gasteiger partial charge in [0, 0.05) is 31.1 Å². The monoisotopic (exact) mass is 446 g/mol. The number of rotatable bonds is 4. The fraction of sp³-hybridized carbons (Fsp3) is 0.609. The molecule has 0 radical (unpaired) electrons. The molecule has 2 unspecified atom stereocenters. The Morgan fingerprint density at radius 3 is 2.42 bits per heavy atom. The van der Waals surface area contributed by atoms with Crippen LogP contribution in [0.3, 0.4) is 0 Å². The Hall–Kier alpha value is -2.06. The molecule has 1 saturated carbocycles. The highest BCUT2D eigenvalue weighted by molar-refractivity contribution is 7.11. The van der Waals surface area contributed by atoms with Crippen molar-refractivity contribution in [1.29, 1.82) is 0 Å². The first kappa shape index (κ1) is 22.1. The smallest absolute Gasteiger partial charge is 0.410 e. The first-order valence-corrected chi connectivity index (χ1v) is 11.8. The van der Waals surface area contributed by atoms with Crippen LogP contribution in [0.5, 0.6) is 0 Å². The van der Waals surface area contributed by atoms with Gasteiger partial charge < -0.3 is 9.64 Å². The van der Waals surface area contributed by atoms with Gasteiger partial charge in [-0.15, -0.1) is 10.2 Å². The summed E-state index contributed by atoms with van der Waals surface area (Å²) in [6.07, 6.45) is 2.08. The Labute approximate surface area is 187 Å². The van der Waals surface area contributed by atoms with E-state index < -0.39 is 5.60 Å². The Balaban J connectivity index is 1.60. The molecule has 1 amide bonds. The maximum Gasteiger partial charge on any atom is 0.410 e. The standard InChI is InChI=1S/C23H31FN4O2S/c1-14-13-28(22(29)30-23(3,4)5)15(2)12-27(14)19(16-8-10-18(24)11-9-16)21-26-25-20(31-21)17-6-7-17/h8-11,14-15,17,19H,6-7,12-13H2,1-5H3/t14?,15-,19?/m0/s1. The molecule has 2 aromatic rings. The second-order valence-corrected chi connectivity index (χ2v) is 10.8. The summed E-state index contributed by atoms with van der Waals surface area (Å²) in [4.78, 5) is 16.9. The zero-order valence-corrected chi connectivity index (χ0v) is 19.7. The molecule has 3 atom stereocenters. The van der Waals surface area contributed by atoms with Gasteiger partial charge in [-0.25, -0.2) is 9.18 Å². The average Bonchev–Trinajstić information content (AvgIpc) is 3.43. The van der Waals surface area contributed by atoms with Crippen molar-refractivity contribution >= 4 is 17.4 Å². The molecule has 2 heterocycles. The topological polar surface area (TPSA) is 58.6 Å². The SMILES string of the molecule is CC1CN(C(=O)OC(C)(C)C)[C@@H](C)CN1C(c1ccc(F)cc1)c1nnc(C2CC2)s1. The van der Waals surface area contributed by atoms with Gasteiger partial charge in [-0.3, -0.25) is 4.90 Å². The van der Waals surface area contributed by atoms with Crippen LogP contribution in [-0.4, -0.2) is 56.9 Å². The lowest BCUT2D eigenvalue weighted by atomic mass is 10.00. The Morgan fingerprint density at radius 1 is 1.13 bits per heavy atom. The number of piperazine rings is 1. The summed E-state index contributed by atoms with van der Waals surface area (Å²) in [5.41, 5.74) is 0.462. The number of ether oxygens (including phenoxy) is 1. The van der Waals surface area contributed by atoms with Crippen LogP contribution >= 0.6 is 11.3 Å². The first-order valence-electron chi connectivity index (χ1n) is 11.0. The molecule has 1 aliphatic heterocycles. The van der Waals surface area contributed by atoms with Crippen molar-refractivity contribution in [3.05, 3.63) is 45.7 Å². The van der Waals surface area contributed by atoms with E-state index in [2.05, 4.69) is 22.0 Å². The number of aromatic nitrogens is 2. The maximum atomic E-state index is 13.6. The molecule has 2 aliphatic rings. The van der Waals surface area contributed by atoms with Gasteiger partial charge in [-0.1, -0.05) is 23.5 Å². The van der Waals surface area contributed by atoms with Gasteiger partial charge in [0.2, 0.25) is 0 Å². The minimum atomic E-state index is -0.528. The highest BCUT2D eigenvalue weighted by atomic mass is 32.1.